The summed E-state index contributed by atoms with van der Waals surface area (Å²) in [6.07, 6.45) is 0. The van der Waals surface area contributed by atoms with E-state index in [4.69, 9.17) is 4.74 Å². The van der Waals surface area contributed by atoms with Gasteiger partial charge in [-0.3, -0.25) is 34.5 Å². The number of aryl methyl sites for hydroxylation is 1. The Hall–Kier alpha value is -3.08. The molecule has 0 atom stereocenters. The second kappa shape index (κ2) is 7.66. The molecule has 10 nitrogen and oxygen atoms in total. The highest BCUT2D eigenvalue weighted by molar-refractivity contribution is 7.12. The van der Waals surface area contributed by atoms with Crippen LogP contribution in [0.3, 0.4) is 0 Å². The van der Waals surface area contributed by atoms with Gasteiger partial charge in [0.1, 0.15) is 17.9 Å². The fraction of sp³-hybridized carbons (Fsp3) is 0.286. The molecule has 2 aromatic heterocycles. The van der Waals surface area contributed by atoms with Crippen molar-refractivity contribution >= 4 is 34.8 Å². The number of ether oxygens (including phenoxy) is 1. The van der Waals surface area contributed by atoms with Crippen LogP contribution in [-0.4, -0.2) is 39.1 Å². The van der Waals surface area contributed by atoms with Gasteiger partial charge in [-0.05, 0) is 25.3 Å². The summed E-state index contributed by atoms with van der Waals surface area (Å²) in [6.45, 7) is 1.89. The molecule has 0 aromatic carbocycles. The Morgan fingerprint density at radius 2 is 2.12 bits per heavy atom. The molecule has 25 heavy (non-hydrogen) atoms. The van der Waals surface area contributed by atoms with Crippen molar-refractivity contribution in [2.24, 2.45) is 0 Å². The quantitative estimate of drug-likeness (QED) is 0.457. The molecule has 0 fully saturated rings. The monoisotopic (exact) mass is 366 g/mol. The van der Waals surface area contributed by atoms with Gasteiger partial charge in [-0.2, -0.15) is 5.10 Å². The molecule has 11 heteroatoms. The number of imide groups is 1. The van der Waals surface area contributed by atoms with Crippen LogP contribution in [-0.2, 0) is 20.9 Å². The predicted octanol–water partition coefficient (Wildman–Crippen LogP) is 0.969. The number of hydrogen-bond acceptors (Lipinski definition) is 8. The number of carbonyl (C=O) groups excluding carboxylic acids is 3. The van der Waals surface area contributed by atoms with Crippen LogP contribution < -0.4 is 5.32 Å². The minimum atomic E-state index is -0.806. The highest BCUT2D eigenvalue weighted by atomic mass is 32.1. The maximum atomic E-state index is 11.8. The number of carbonyl (C=O) groups is 3. The number of hydrogen-bond donors (Lipinski definition) is 1. The van der Waals surface area contributed by atoms with Crippen molar-refractivity contribution in [3.63, 3.8) is 0 Å². The van der Waals surface area contributed by atoms with Crippen LogP contribution in [0.25, 0.3) is 0 Å². The van der Waals surface area contributed by atoms with E-state index in [0.717, 1.165) is 4.68 Å². The maximum absolute atomic E-state index is 11.8. The standard InChI is InChI=1S/C14H14N4O6S/c1-8-13(18(22)23)9(2)17(16-8)6-12(20)24-7-11(19)15-14(21)10-4-3-5-25-10/h3-5H,6-7H2,1-2H3,(H,15,19,21). The van der Waals surface area contributed by atoms with Crippen molar-refractivity contribution in [1.82, 2.24) is 15.1 Å². The van der Waals surface area contributed by atoms with E-state index in [9.17, 15) is 24.5 Å². The van der Waals surface area contributed by atoms with Crippen LogP contribution in [0.4, 0.5) is 5.69 Å². The SMILES string of the molecule is Cc1nn(CC(=O)OCC(=O)NC(=O)c2cccs2)c(C)c1[N+](=O)[O-]. The Bertz CT molecular complexity index is 827. The van der Waals surface area contributed by atoms with Crippen LogP contribution in [0.2, 0.25) is 0 Å². The molecule has 0 aliphatic heterocycles. The van der Waals surface area contributed by atoms with Gasteiger partial charge in [-0.15, -0.1) is 11.3 Å². The van der Waals surface area contributed by atoms with Gasteiger partial charge in [0.2, 0.25) is 0 Å². The number of nitrogens with zero attached hydrogens (tertiary/aromatic N) is 3. The molecule has 0 radical (unpaired) electrons. The smallest absolute Gasteiger partial charge is 0.328 e. The number of nitrogens with one attached hydrogen (secondary N) is 1. The number of aromatic nitrogens is 2. The van der Waals surface area contributed by atoms with Gasteiger partial charge >= 0.3 is 11.7 Å². The lowest BCUT2D eigenvalue weighted by atomic mass is 10.3. The molecule has 0 spiro atoms. The van der Waals surface area contributed by atoms with Gasteiger partial charge < -0.3 is 4.74 Å². The highest BCUT2D eigenvalue weighted by Crippen LogP contribution is 2.21. The molecule has 0 saturated heterocycles. The molecular formula is C14H14N4O6S. The first-order chi connectivity index (χ1) is 11.8. The molecule has 2 amide bonds. The third-order valence-electron chi connectivity index (χ3n) is 3.17. The molecular weight excluding hydrogens is 352 g/mol. The summed E-state index contributed by atoms with van der Waals surface area (Å²) < 4.78 is 5.89. The lowest BCUT2D eigenvalue weighted by Crippen LogP contribution is -2.34. The first kappa shape index (κ1) is 18.3. The van der Waals surface area contributed by atoms with Crippen LogP contribution in [0.5, 0.6) is 0 Å². The Kier molecular flexibility index (Phi) is 5.60. The highest BCUT2D eigenvalue weighted by Gasteiger charge is 2.23. The van der Waals surface area contributed by atoms with E-state index in [1.807, 2.05) is 0 Å². The van der Waals surface area contributed by atoms with E-state index in [2.05, 4.69) is 10.4 Å². The molecule has 2 heterocycles. The van der Waals surface area contributed by atoms with E-state index < -0.39 is 29.3 Å². The zero-order valence-electron chi connectivity index (χ0n) is 13.3. The summed E-state index contributed by atoms with van der Waals surface area (Å²) in [5, 5.41) is 18.6. The minimum Gasteiger partial charge on any atom is -0.454 e. The summed E-state index contributed by atoms with van der Waals surface area (Å²) in [5.41, 5.74) is 0.207. The summed E-state index contributed by atoms with van der Waals surface area (Å²) in [7, 11) is 0. The number of rotatable bonds is 6. The Morgan fingerprint density at radius 1 is 1.40 bits per heavy atom. The van der Waals surface area contributed by atoms with Gasteiger partial charge in [0, 0.05) is 0 Å². The van der Waals surface area contributed by atoms with E-state index in [1.54, 1.807) is 17.5 Å². The summed E-state index contributed by atoms with van der Waals surface area (Å²) in [6, 6.07) is 3.21. The predicted molar refractivity (Wildman–Crippen MR) is 86.1 cm³/mol. The van der Waals surface area contributed by atoms with Crippen molar-refractivity contribution in [2.75, 3.05) is 6.61 Å². The minimum absolute atomic E-state index is 0.174. The van der Waals surface area contributed by atoms with Crippen LogP contribution >= 0.6 is 11.3 Å². The van der Waals surface area contributed by atoms with Crippen LogP contribution in [0.1, 0.15) is 21.1 Å². The van der Waals surface area contributed by atoms with Gasteiger partial charge in [0.05, 0.1) is 9.80 Å². The third-order valence-corrected chi connectivity index (χ3v) is 4.04. The van der Waals surface area contributed by atoms with Crippen LogP contribution in [0.15, 0.2) is 17.5 Å². The normalized spacial score (nSPS) is 10.3. The zero-order valence-corrected chi connectivity index (χ0v) is 14.2. The average Bonchev–Trinajstić information content (AvgIpc) is 3.14. The van der Waals surface area contributed by atoms with E-state index >= 15 is 0 Å². The molecule has 1 N–H and O–H groups in total. The van der Waals surface area contributed by atoms with E-state index in [0.29, 0.717) is 4.88 Å². The molecule has 0 bridgehead atoms. The lowest BCUT2D eigenvalue weighted by Gasteiger charge is -2.06. The Balaban J connectivity index is 1.87. The van der Waals surface area contributed by atoms with Gasteiger partial charge in [0.15, 0.2) is 6.61 Å². The number of thiophene rings is 1. The lowest BCUT2D eigenvalue weighted by molar-refractivity contribution is -0.386. The zero-order chi connectivity index (χ0) is 18.6. The first-order valence-electron chi connectivity index (χ1n) is 7.01. The number of amides is 2. The van der Waals surface area contributed by atoms with Crippen LogP contribution in [0, 0.1) is 24.0 Å². The summed E-state index contributed by atoms with van der Waals surface area (Å²) in [4.78, 5) is 45.7. The summed E-state index contributed by atoms with van der Waals surface area (Å²) >= 11 is 1.17. The van der Waals surface area contributed by atoms with Gasteiger partial charge in [0.25, 0.3) is 11.8 Å². The second-order valence-corrected chi connectivity index (χ2v) is 5.90. The van der Waals surface area contributed by atoms with E-state index in [1.165, 1.54) is 25.2 Å². The average molecular weight is 366 g/mol. The molecule has 2 aromatic rings. The molecule has 0 aliphatic rings. The molecule has 2 rings (SSSR count). The van der Waals surface area contributed by atoms with Gasteiger partial charge in [-0.25, -0.2) is 0 Å². The fourth-order valence-electron chi connectivity index (χ4n) is 2.05. The van der Waals surface area contributed by atoms with Crippen molar-refractivity contribution in [3.05, 3.63) is 43.9 Å². The maximum Gasteiger partial charge on any atom is 0.328 e. The molecule has 0 unspecified atom stereocenters. The van der Waals surface area contributed by atoms with Crippen molar-refractivity contribution in [2.45, 2.75) is 20.4 Å². The third kappa shape index (κ3) is 4.47. The molecule has 132 valence electrons. The topological polar surface area (TPSA) is 133 Å². The van der Waals surface area contributed by atoms with Crippen molar-refractivity contribution in [1.29, 1.82) is 0 Å². The first-order valence-corrected chi connectivity index (χ1v) is 7.89. The largest absolute Gasteiger partial charge is 0.454 e. The number of nitro groups is 1. The van der Waals surface area contributed by atoms with Crippen molar-refractivity contribution in [3.8, 4) is 0 Å². The number of esters is 1. The molecule has 0 saturated carbocycles. The second-order valence-electron chi connectivity index (χ2n) is 4.95. The fourth-order valence-corrected chi connectivity index (χ4v) is 2.67. The molecule has 0 aliphatic carbocycles. The summed E-state index contributed by atoms with van der Waals surface area (Å²) in [5.74, 6) is -2.16. The van der Waals surface area contributed by atoms with Crippen molar-refractivity contribution < 1.29 is 24.0 Å². The Morgan fingerprint density at radius 3 is 2.68 bits per heavy atom. The Labute approximate surface area is 145 Å². The van der Waals surface area contributed by atoms with E-state index in [-0.39, 0.29) is 23.6 Å². The van der Waals surface area contributed by atoms with Gasteiger partial charge in [-0.1, -0.05) is 6.07 Å².